The second-order valence-electron chi connectivity index (χ2n) is 3.41. The zero-order valence-corrected chi connectivity index (χ0v) is 8.67. The summed E-state index contributed by atoms with van der Waals surface area (Å²) in [4.78, 5) is 7.95. The van der Waals surface area contributed by atoms with E-state index in [0.717, 1.165) is 19.5 Å². The quantitative estimate of drug-likeness (QED) is 0.775. The van der Waals surface area contributed by atoms with Crippen molar-refractivity contribution >= 4 is 10.8 Å². The van der Waals surface area contributed by atoms with Gasteiger partial charge in [-0.3, -0.25) is 9.19 Å². The van der Waals surface area contributed by atoms with Crippen LogP contribution in [0, 0.1) is 5.92 Å². The lowest BCUT2D eigenvalue weighted by atomic mass is 10.2. The van der Waals surface area contributed by atoms with Gasteiger partial charge in [0.15, 0.2) is 0 Å². The maximum atomic E-state index is 11.8. The van der Waals surface area contributed by atoms with Crippen molar-refractivity contribution < 1.29 is 4.21 Å². The van der Waals surface area contributed by atoms with Crippen molar-refractivity contribution in [3.63, 3.8) is 0 Å². The summed E-state index contributed by atoms with van der Waals surface area (Å²) in [6.45, 7) is 2.02. The molecule has 4 nitrogen and oxygen atoms in total. The van der Waals surface area contributed by atoms with E-state index >= 15 is 0 Å². The summed E-state index contributed by atoms with van der Waals surface area (Å²) in [7, 11) is -0.987. The van der Waals surface area contributed by atoms with E-state index in [1.807, 2.05) is 0 Å². The van der Waals surface area contributed by atoms with E-state index in [1.54, 1.807) is 18.6 Å². The molecule has 14 heavy (non-hydrogen) atoms. The number of nitrogens with one attached hydrogen (secondary N) is 1. The van der Waals surface area contributed by atoms with Crippen LogP contribution in [0.5, 0.6) is 0 Å². The fourth-order valence-electron chi connectivity index (χ4n) is 1.56. The standard InChI is InChI=1S/C9H13N3OS/c13-14(7-8-1-2-10-5-8)9-6-11-3-4-12-9/h3-4,6,8,10H,1-2,5,7H2. The van der Waals surface area contributed by atoms with Gasteiger partial charge in [-0.1, -0.05) is 0 Å². The van der Waals surface area contributed by atoms with E-state index in [1.165, 1.54) is 0 Å². The lowest BCUT2D eigenvalue weighted by molar-refractivity contribution is 0.630. The van der Waals surface area contributed by atoms with Crippen molar-refractivity contribution in [3.05, 3.63) is 18.6 Å². The molecule has 2 unspecified atom stereocenters. The average molecular weight is 211 g/mol. The van der Waals surface area contributed by atoms with Crippen molar-refractivity contribution in [1.82, 2.24) is 15.3 Å². The number of hydrogen-bond acceptors (Lipinski definition) is 4. The Balaban J connectivity index is 1.95. The van der Waals surface area contributed by atoms with Gasteiger partial charge in [0.05, 0.1) is 17.0 Å². The highest BCUT2D eigenvalue weighted by Crippen LogP contribution is 2.12. The minimum absolute atomic E-state index is 0.526. The molecule has 1 aromatic heterocycles. The fraction of sp³-hybridized carbons (Fsp3) is 0.556. The molecule has 2 rings (SSSR count). The predicted molar refractivity (Wildman–Crippen MR) is 54.3 cm³/mol. The van der Waals surface area contributed by atoms with Gasteiger partial charge in [0, 0.05) is 18.1 Å². The van der Waals surface area contributed by atoms with Crippen LogP contribution >= 0.6 is 0 Å². The number of rotatable bonds is 3. The van der Waals surface area contributed by atoms with Crippen LogP contribution in [0.1, 0.15) is 6.42 Å². The van der Waals surface area contributed by atoms with E-state index in [0.29, 0.717) is 16.7 Å². The third-order valence-electron chi connectivity index (χ3n) is 2.32. The van der Waals surface area contributed by atoms with E-state index < -0.39 is 10.8 Å². The van der Waals surface area contributed by atoms with Crippen molar-refractivity contribution in [2.75, 3.05) is 18.8 Å². The highest BCUT2D eigenvalue weighted by Gasteiger charge is 2.18. The van der Waals surface area contributed by atoms with Gasteiger partial charge in [0.2, 0.25) is 0 Å². The normalized spacial score (nSPS) is 23.6. The Morgan fingerprint density at radius 1 is 1.57 bits per heavy atom. The van der Waals surface area contributed by atoms with Crippen LogP contribution in [-0.4, -0.2) is 33.0 Å². The van der Waals surface area contributed by atoms with E-state index in [9.17, 15) is 4.21 Å². The highest BCUT2D eigenvalue weighted by atomic mass is 32.2. The monoisotopic (exact) mass is 211 g/mol. The predicted octanol–water partition coefficient (Wildman–Crippen LogP) is 0.194. The Bertz CT molecular complexity index is 311. The smallest absolute Gasteiger partial charge is 0.145 e. The second-order valence-corrected chi connectivity index (χ2v) is 4.86. The fourth-order valence-corrected chi connectivity index (χ4v) is 2.80. The third-order valence-corrected chi connectivity index (χ3v) is 3.77. The van der Waals surface area contributed by atoms with Gasteiger partial charge in [-0.15, -0.1) is 0 Å². The minimum Gasteiger partial charge on any atom is -0.316 e. The first-order valence-electron chi connectivity index (χ1n) is 4.71. The van der Waals surface area contributed by atoms with Crippen molar-refractivity contribution in [2.24, 2.45) is 5.92 Å². The molecule has 0 saturated carbocycles. The van der Waals surface area contributed by atoms with Crippen molar-refractivity contribution in [1.29, 1.82) is 0 Å². The second kappa shape index (κ2) is 4.61. The van der Waals surface area contributed by atoms with Crippen LogP contribution in [0.2, 0.25) is 0 Å². The van der Waals surface area contributed by atoms with Gasteiger partial charge in [-0.25, -0.2) is 4.98 Å². The van der Waals surface area contributed by atoms with Gasteiger partial charge in [-0.2, -0.15) is 0 Å². The maximum Gasteiger partial charge on any atom is 0.145 e. The molecule has 1 aliphatic rings. The Hall–Kier alpha value is -0.810. The molecule has 0 radical (unpaired) electrons. The minimum atomic E-state index is -0.987. The molecule has 1 N–H and O–H groups in total. The van der Waals surface area contributed by atoms with Gasteiger partial charge >= 0.3 is 0 Å². The molecule has 1 fully saturated rings. The highest BCUT2D eigenvalue weighted by molar-refractivity contribution is 7.84. The number of hydrogen-bond donors (Lipinski definition) is 1. The molecule has 0 spiro atoms. The maximum absolute atomic E-state index is 11.8. The van der Waals surface area contributed by atoms with Gasteiger partial charge in [0.1, 0.15) is 5.03 Å². The molecule has 1 saturated heterocycles. The van der Waals surface area contributed by atoms with Crippen molar-refractivity contribution in [3.8, 4) is 0 Å². The third kappa shape index (κ3) is 2.36. The molecule has 5 heteroatoms. The van der Waals surface area contributed by atoms with Gasteiger partial charge in [0.25, 0.3) is 0 Å². The molecule has 1 aliphatic heterocycles. The average Bonchev–Trinajstić information content (AvgIpc) is 2.72. The zero-order valence-electron chi connectivity index (χ0n) is 7.85. The summed E-state index contributed by atoms with van der Waals surface area (Å²) in [5.41, 5.74) is 0. The Kier molecular flexibility index (Phi) is 3.21. The summed E-state index contributed by atoms with van der Waals surface area (Å²) in [5.74, 6) is 1.23. The van der Waals surface area contributed by atoms with Crippen molar-refractivity contribution in [2.45, 2.75) is 11.4 Å². The topological polar surface area (TPSA) is 54.9 Å². The Labute approximate surface area is 85.6 Å². The first kappa shape index (κ1) is 9.73. The zero-order chi connectivity index (χ0) is 9.80. The summed E-state index contributed by atoms with van der Waals surface area (Å²) in [6.07, 6.45) is 5.88. The van der Waals surface area contributed by atoms with Crippen LogP contribution in [-0.2, 0) is 10.8 Å². The molecule has 0 amide bonds. The van der Waals surface area contributed by atoms with Crippen LogP contribution in [0.25, 0.3) is 0 Å². The van der Waals surface area contributed by atoms with Crippen LogP contribution in [0.4, 0.5) is 0 Å². The molecule has 2 heterocycles. The molecule has 1 aromatic rings. The lowest BCUT2D eigenvalue weighted by Gasteiger charge is -2.06. The molecule has 2 atom stereocenters. The van der Waals surface area contributed by atoms with E-state index in [4.69, 9.17) is 0 Å². The molecule has 0 aromatic carbocycles. The lowest BCUT2D eigenvalue weighted by Crippen LogP contribution is -2.15. The van der Waals surface area contributed by atoms with Gasteiger partial charge < -0.3 is 5.32 Å². The summed E-state index contributed by atoms with van der Waals surface area (Å²) < 4.78 is 11.8. The largest absolute Gasteiger partial charge is 0.316 e. The van der Waals surface area contributed by atoms with Crippen LogP contribution in [0.3, 0.4) is 0 Å². The molecular formula is C9H13N3OS. The SMILES string of the molecule is O=S(CC1CCNC1)c1cnccn1. The molecule has 0 bridgehead atoms. The number of aromatic nitrogens is 2. The summed E-state index contributed by atoms with van der Waals surface area (Å²) in [5, 5.41) is 3.86. The van der Waals surface area contributed by atoms with Crippen LogP contribution < -0.4 is 5.32 Å². The van der Waals surface area contributed by atoms with E-state index in [-0.39, 0.29) is 0 Å². The molecule has 76 valence electrons. The number of nitrogens with zero attached hydrogens (tertiary/aromatic N) is 2. The first-order chi connectivity index (χ1) is 6.86. The summed E-state index contributed by atoms with van der Waals surface area (Å²) in [6, 6.07) is 0. The van der Waals surface area contributed by atoms with Crippen LogP contribution in [0.15, 0.2) is 23.6 Å². The van der Waals surface area contributed by atoms with Gasteiger partial charge in [-0.05, 0) is 25.4 Å². The summed E-state index contributed by atoms with van der Waals surface area (Å²) >= 11 is 0. The Morgan fingerprint density at radius 3 is 3.14 bits per heavy atom. The Morgan fingerprint density at radius 2 is 2.50 bits per heavy atom. The molecular weight excluding hydrogens is 198 g/mol. The molecule has 0 aliphatic carbocycles. The first-order valence-corrected chi connectivity index (χ1v) is 6.03. The van der Waals surface area contributed by atoms with E-state index in [2.05, 4.69) is 15.3 Å².